The van der Waals surface area contributed by atoms with Crippen molar-refractivity contribution in [3.63, 3.8) is 0 Å². The van der Waals surface area contributed by atoms with Crippen molar-refractivity contribution in [2.24, 2.45) is 0 Å². The van der Waals surface area contributed by atoms with Crippen LogP contribution in [0.1, 0.15) is 23.0 Å². The second-order valence-electron chi connectivity index (χ2n) is 7.04. The van der Waals surface area contributed by atoms with E-state index in [4.69, 9.17) is 18.6 Å². The Hall–Kier alpha value is -3.10. The van der Waals surface area contributed by atoms with Crippen LogP contribution in [0.5, 0.6) is 5.75 Å². The molecule has 3 aromatic rings. The largest absolute Gasteiger partial charge is 0.494 e. The summed E-state index contributed by atoms with van der Waals surface area (Å²) in [4.78, 5) is 30.1. The van der Waals surface area contributed by atoms with E-state index in [0.29, 0.717) is 37.5 Å². The second kappa shape index (κ2) is 9.15. The van der Waals surface area contributed by atoms with Gasteiger partial charge in [0.05, 0.1) is 45.3 Å². The molecule has 158 valence electrons. The summed E-state index contributed by atoms with van der Waals surface area (Å²) in [5, 5.41) is 0.832. The number of benzene rings is 1. The molecule has 1 fully saturated rings. The molecule has 3 heterocycles. The molecule has 4 rings (SSSR count). The number of aromatic amines is 1. The van der Waals surface area contributed by atoms with Gasteiger partial charge in [0.15, 0.2) is 5.76 Å². The van der Waals surface area contributed by atoms with Gasteiger partial charge in [-0.05, 0) is 43.3 Å². The van der Waals surface area contributed by atoms with Crippen molar-refractivity contribution in [3.05, 3.63) is 64.3 Å². The van der Waals surface area contributed by atoms with Gasteiger partial charge < -0.3 is 28.5 Å². The number of furan rings is 1. The predicted octanol–water partition coefficient (Wildman–Crippen LogP) is 2.58. The highest BCUT2D eigenvalue weighted by Gasteiger charge is 2.25. The first kappa shape index (κ1) is 20.2. The van der Waals surface area contributed by atoms with Gasteiger partial charge in [-0.3, -0.25) is 9.59 Å². The third-order valence-corrected chi connectivity index (χ3v) is 4.89. The molecule has 1 aliphatic rings. The highest BCUT2D eigenvalue weighted by Crippen LogP contribution is 2.20. The van der Waals surface area contributed by atoms with Crippen molar-refractivity contribution >= 4 is 16.8 Å². The number of aromatic nitrogens is 1. The maximum absolute atomic E-state index is 13.0. The zero-order chi connectivity index (χ0) is 20.9. The van der Waals surface area contributed by atoms with E-state index >= 15 is 0 Å². The van der Waals surface area contributed by atoms with Crippen LogP contribution in [-0.2, 0) is 16.0 Å². The van der Waals surface area contributed by atoms with Gasteiger partial charge in [-0.2, -0.15) is 0 Å². The topological polar surface area (TPSA) is 94.0 Å². The maximum atomic E-state index is 13.0. The van der Waals surface area contributed by atoms with E-state index < -0.39 is 0 Å². The molecule has 8 nitrogen and oxygen atoms in total. The molecule has 1 saturated heterocycles. The Bertz CT molecular complexity index is 1050. The number of ether oxygens (including phenoxy) is 3. The molecular formula is C22H24N2O6. The molecule has 0 unspecified atom stereocenters. The second-order valence-corrected chi connectivity index (χ2v) is 7.04. The monoisotopic (exact) mass is 412 g/mol. The molecule has 30 heavy (non-hydrogen) atoms. The molecule has 0 bridgehead atoms. The first-order valence-electron chi connectivity index (χ1n) is 9.95. The van der Waals surface area contributed by atoms with Crippen molar-refractivity contribution in [3.8, 4) is 5.75 Å². The van der Waals surface area contributed by atoms with Crippen molar-refractivity contribution in [1.29, 1.82) is 0 Å². The van der Waals surface area contributed by atoms with Crippen molar-refractivity contribution in [1.82, 2.24) is 9.88 Å². The molecule has 8 heteroatoms. The Kier molecular flexibility index (Phi) is 6.15. The van der Waals surface area contributed by atoms with Gasteiger partial charge in [0, 0.05) is 23.0 Å². The van der Waals surface area contributed by atoms with Gasteiger partial charge >= 0.3 is 0 Å². The zero-order valence-corrected chi connectivity index (χ0v) is 16.8. The number of H-pyrrole nitrogens is 1. The predicted molar refractivity (Wildman–Crippen MR) is 110 cm³/mol. The lowest BCUT2D eigenvalue weighted by molar-refractivity contribution is -0.0954. The molecule has 1 amide bonds. The molecule has 0 saturated carbocycles. The fourth-order valence-corrected chi connectivity index (χ4v) is 3.47. The molecule has 0 spiro atoms. The molecule has 1 N–H and O–H groups in total. The number of pyridine rings is 1. The van der Waals surface area contributed by atoms with Crippen molar-refractivity contribution in [2.45, 2.75) is 19.6 Å². The lowest BCUT2D eigenvalue weighted by Crippen LogP contribution is -2.43. The summed E-state index contributed by atoms with van der Waals surface area (Å²) in [6.07, 6.45) is 1.19. The van der Waals surface area contributed by atoms with E-state index in [0.717, 1.165) is 11.1 Å². The Morgan fingerprint density at radius 3 is 2.90 bits per heavy atom. The highest BCUT2D eigenvalue weighted by molar-refractivity contribution is 5.91. The summed E-state index contributed by atoms with van der Waals surface area (Å²) >= 11 is 0. The lowest BCUT2D eigenvalue weighted by atomic mass is 10.1. The van der Waals surface area contributed by atoms with Gasteiger partial charge in [0.25, 0.3) is 11.5 Å². The minimum Gasteiger partial charge on any atom is -0.494 e. The van der Waals surface area contributed by atoms with E-state index in [9.17, 15) is 9.59 Å². The van der Waals surface area contributed by atoms with Crippen LogP contribution in [0.15, 0.2) is 51.9 Å². The van der Waals surface area contributed by atoms with Crippen LogP contribution in [0.2, 0.25) is 0 Å². The van der Waals surface area contributed by atoms with Crippen LogP contribution in [0, 0.1) is 0 Å². The molecular weight excluding hydrogens is 388 g/mol. The van der Waals surface area contributed by atoms with E-state index in [-0.39, 0.29) is 36.4 Å². The molecule has 2 aromatic heterocycles. The summed E-state index contributed by atoms with van der Waals surface area (Å²) in [7, 11) is 0. The fourth-order valence-electron chi connectivity index (χ4n) is 3.47. The Morgan fingerprint density at radius 1 is 1.27 bits per heavy atom. The van der Waals surface area contributed by atoms with E-state index in [2.05, 4.69) is 4.98 Å². The number of amides is 1. The van der Waals surface area contributed by atoms with Gasteiger partial charge in [-0.1, -0.05) is 0 Å². The van der Waals surface area contributed by atoms with Crippen molar-refractivity contribution in [2.75, 3.05) is 33.0 Å². The number of hydrogen-bond donors (Lipinski definition) is 1. The number of fused-ring (bicyclic) bond motifs is 1. The van der Waals surface area contributed by atoms with Crippen LogP contribution in [0.4, 0.5) is 0 Å². The average Bonchev–Trinajstić information content (AvgIpc) is 3.29. The number of carbonyl (C=O) groups excluding carboxylic acids is 1. The quantitative estimate of drug-likeness (QED) is 0.641. The molecule has 0 radical (unpaired) electrons. The van der Waals surface area contributed by atoms with Crippen LogP contribution in [0.25, 0.3) is 10.9 Å². The molecule has 0 aliphatic carbocycles. The third kappa shape index (κ3) is 4.55. The number of nitrogens with zero attached hydrogens (tertiary/aromatic N) is 1. The van der Waals surface area contributed by atoms with Crippen molar-refractivity contribution < 1.29 is 23.4 Å². The van der Waals surface area contributed by atoms with Gasteiger partial charge in [-0.25, -0.2) is 0 Å². The van der Waals surface area contributed by atoms with Crippen LogP contribution >= 0.6 is 0 Å². The number of hydrogen-bond acceptors (Lipinski definition) is 6. The first-order valence-corrected chi connectivity index (χ1v) is 9.95. The van der Waals surface area contributed by atoms with E-state index in [1.807, 2.05) is 25.1 Å². The van der Waals surface area contributed by atoms with Gasteiger partial charge in [0.1, 0.15) is 5.75 Å². The molecule has 1 aromatic carbocycles. The lowest BCUT2D eigenvalue weighted by Gasteiger charge is -2.29. The Balaban J connectivity index is 1.63. The summed E-state index contributed by atoms with van der Waals surface area (Å²) in [5.41, 5.74) is 0.928. The summed E-state index contributed by atoms with van der Waals surface area (Å²) < 4.78 is 22.0. The molecule has 1 aliphatic heterocycles. The van der Waals surface area contributed by atoms with Crippen LogP contribution < -0.4 is 10.3 Å². The average molecular weight is 412 g/mol. The summed E-state index contributed by atoms with van der Waals surface area (Å²) in [6.45, 7) is 4.28. The zero-order valence-electron chi connectivity index (χ0n) is 16.8. The minimum atomic E-state index is -0.309. The molecule has 1 atom stereocenters. The van der Waals surface area contributed by atoms with Gasteiger partial charge in [0.2, 0.25) is 0 Å². The fraction of sp³-hybridized carbons (Fsp3) is 0.364. The highest BCUT2D eigenvalue weighted by atomic mass is 16.6. The number of rotatable bonds is 7. The van der Waals surface area contributed by atoms with E-state index in [1.54, 1.807) is 23.1 Å². The van der Waals surface area contributed by atoms with Gasteiger partial charge in [-0.15, -0.1) is 0 Å². The van der Waals surface area contributed by atoms with E-state index in [1.165, 1.54) is 6.26 Å². The van der Waals surface area contributed by atoms with Crippen LogP contribution in [-0.4, -0.2) is 54.9 Å². The summed E-state index contributed by atoms with van der Waals surface area (Å²) in [6, 6.07) is 10.5. The smallest absolute Gasteiger partial charge is 0.289 e. The maximum Gasteiger partial charge on any atom is 0.289 e. The normalized spacial score (nSPS) is 16.5. The SMILES string of the molecule is CCOc1ccc2[nH]c(=O)c(CN(C[C@H]3COCCO3)C(=O)c3ccco3)cc2c1. The number of nitrogens with one attached hydrogen (secondary N) is 1. The Morgan fingerprint density at radius 2 is 2.17 bits per heavy atom. The minimum absolute atomic E-state index is 0.115. The summed E-state index contributed by atoms with van der Waals surface area (Å²) in [5.74, 6) is 0.624. The first-order chi connectivity index (χ1) is 14.6. The standard InChI is InChI=1S/C22H24N2O6/c1-2-28-17-5-6-19-15(11-17)10-16(21(25)23-19)12-24(13-18-14-27-8-9-29-18)22(26)20-4-3-7-30-20/h3-7,10-11,18H,2,8-9,12-14H2,1H3,(H,23,25)/t18-/m0/s1. The third-order valence-electron chi connectivity index (χ3n) is 4.89. The Labute approximate surface area is 173 Å². The van der Waals surface area contributed by atoms with Crippen LogP contribution in [0.3, 0.4) is 0 Å². The number of carbonyl (C=O) groups is 1.